The van der Waals surface area contributed by atoms with Crippen LogP contribution in [-0.4, -0.2) is 34.8 Å². The second kappa shape index (κ2) is 9.60. The Hall–Kier alpha value is -2.83. The summed E-state index contributed by atoms with van der Waals surface area (Å²) in [7, 11) is 0. The van der Waals surface area contributed by atoms with Gasteiger partial charge in [-0.25, -0.2) is 9.59 Å². The van der Waals surface area contributed by atoms with Crippen LogP contribution in [0.25, 0.3) is 0 Å². The summed E-state index contributed by atoms with van der Waals surface area (Å²) in [4.78, 5) is 36.0. The minimum atomic E-state index is -1.40. The van der Waals surface area contributed by atoms with E-state index in [-0.39, 0.29) is 13.0 Å². The van der Waals surface area contributed by atoms with Gasteiger partial charge in [0.1, 0.15) is 18.2 Å². The second-order valence-corrected chi connectivity index (χ2v) is 6.69. The number of nitrogens with one attached hydrogen (secondary N) is 1. The van der Waals surface area contributed by atoms with Crippen LogP contribution in [-0.2, 0) is 25.7 Å². The van der Waals surface area contributed by atoms with Gasteiger partial charge in [0.25, 0.3) is 0 Å². The number of carboxylic acid groups (broad SMARTS) is 1. The van der Waals surface area contributed by atoms with Crippen LogP contribution in [0, 0.1) is 5.92 Å². The summed E-state index contributed by atoms with van der Waals surface area (Å²) >= 11 is 0. The fraction of sp³-hybridized carbons (Fsp3) is 0.421. The first-order valence-electron chi connectivity index (χ1n) is 8.18. The maximum Gasteiger partial charge on any atom is 0.408 e. The maximum atomic E-state index is 12.4. The molecule has 2 atom stereocenters. The third-order valence-electron chi connectivity index (χ3n) is 3.29. The monoisotopic (exact) mass is 363 g/mol. The van der Waals surface area contributed by atoms with Crippen LogP contribution in [0.5, 0.6) is 0 Å². The van der Waals surface area contributed by atoms with E-state index in [9.17, 15) is 19.5 Å². The van der Waals surface area contributed by atoms with Gasteiger partial charge in [-0.1, -0.05) is 36.4 Å². The lowest BCUT2D eigenvalue weighted by Crippen LogP contribution is -2.50. The van der Waals surface area contributed by atoms with Crippen LogP contribution < -0.4 is 5.32 Å². The number of carbonyl (C=O) groups is 3. The van der Waals surface area contributed by atoms with E-state index in [4.69, 9.17) is 9.47 Å². The summed E-state index contributed by atoms with van der Waals surface area (Å²) in [5, 5.41) is 11.7. The number of allylic oxidation sites excluding steroid dienone is 1. The lowest BCUT2D eigenvalue weighted by Gasteiger charge is -2.27. The zero-order valence-electron chi connectivity index (χ0n) is 15.2. The van der Waals surface area contributed by atoms with Gasteiger partial charge in [-0.05, 0) is 32.8 Å². The number of hydrogen-bond acceptors (Lipinski definition) is 5. The summed E-state index contributed by atoms with van der Waals surface area (Å²) in [6.07, 6.45) is 0.450. The van der Waals surface area contributed by atoms with Gasteiger partial charge >= 0.3 is 18.0 Å². The summed E-state index contributed by atoms with van der Waals surface area (Å²) in [5.41, 5.74) is -0.0697. The number of carbonyl (C=O) groups excluding carboxylic acids is 2. The van der Waals surface area contributed by atoms with Crippen molar-refractivity contribution in [2.24, 2.45) is 5.92 Å². The fourth-order valence-corrected chi connectivity index (χ4v) is 2.14. The molecule has 0 aromatic heterocycles. The SMILES string of the molecule is C=CCC(C(=O)O)[C@H](NC(=O)OCc1ccccc1)C(=O)OC(C)(C)C. The summed E-state index contributed by atoms with van der Waals surface area (Å²) in [6, 6.07) is 7.57. The van der Waals surface area contributed by atoms with Crippen molar-refractivity contribution in [1.29, 1.82) is 0 Å². The molecular weight excluding hydrogens is 338 g/mol. The van der Waals surface area contributed by atoms with Gasteiger partial charge in [0.2, 0.25) is 0 Å². The molecule has 0 aliphatic heterocycles. The molecule has 0 aliphatic rings. The quantitative estimate of drug-likeness (QED) is 0.544. The molecule has 0 saturated carbocycles. The molecule has 0 aliphatic carbocycles. The molecular formula is C19H25NO6. The number of aliphatic carboxylic acids is 1. The first-order chi connectivity index (χ1) is 12.1. The highest BCUT2D eigenvalue weighted by atomic mass is 16.6. The molecule has 0 fully saturated rings. The van der Waals surface area contributed by atoms with Crippen LogP contribution in [0.4, 0.5) is 4.79 Å². The Kier molecular flexibility index (Phi) is 7.83. The predicted molar refractivity (Wildman–Crippen MR) is 95.3 cm³/mol. The minimum absolute atomic E-state index is 0.00704. The van der Waals surface area contributed by atoms with Gasteiger partial charge in [0, 0.05) is 0 Å². The van der Waals surface area contributed by atoms with Gasteiger partial charge in [-0.15, -0.1) is 6.58 Å². The highest BCUT2D eigenvalue weighted by molar-refractivity contribution is 5.87. The van der Waals surface area contributed by atoms with Crippen LogP contribution in [0.2, 0.25) is 0 Å². The number of amides is 1. The molecule has 0 saturated heterocycles. The van der Waals surface area contributed by atoms with E-state index < -0.39 is 35.6 Å². The Bertz CT molecular complexity index is 635. The molecule has 142 valence electrons. The largest absolute Gasteiger partial charge is 0.481 e. The number of carboxylic acids is 1. The third-order valence-corrected chi connectivity index (χ3v) is 3.29. The number of hydrogen-bond donors (Lipinski definition) is 2. The highest BCUT2D eigenvalue weighted by Gasteiger charge is 2.37. The number of benzene rings is 1. The first kappa shape index (κ1) is 21.2. The number of rotatable bonds is 8. The Morgan fingerprint density at radius 2 is 1.85 bits per heavy atom. The number of ether oxygens (including phenoxy) is 2. The zero-order chi connectivity index (χ0) is 19.7. The van der Waals surface area contributed by atoms with Crippen molar-refractivity contribution >= 4 is 18.0 Å². The van der Waals surface area contributed by atoms with Gasteiger partial charge in [0.15, 0.2) is 0 Å². The summed E-state index contributed by atoms with van der Waals surface area (Å²) in [5.74, 6) is -3.31. The van der Waals surface area contributed by atoms with E-state index in [0.29, 0.717) is 0 Å². The van der Waals surface area contributed by atoms with E-state index in [0.717, 1.165) is 5.56 Å². The highest BCUT2D eigenvalue weighted by Crippen LogP contribution is 2.17. The second-order valence-electron chi connectivity index (χ2n) is 6.69. The molecule has 2 N–H and O–H groups in total. The molecule has 7 nitrogen and oxygen atoms in total. The van der Waals surface area contributed by atoms with Crippen LogP contribution >= 0.6 is 0 Å². The molecule has 1 unspecified atom stereocenters. The van der Waals surface area contributed by atoms with Crippen molar-refractivity contribution in [1.82, 2.24) is 5.32 Å². The lowest BCUT2D eigenvalue weighted by atomic mass is 9.96. The maximum absolute atomic E-state index is 12.4. The first-order valence-corrected chi connectivity index (χ1v) is 8.18. The van der Waals surface area contributed by atoms with Gasteiger partial charge < -0.3 is 19.9 Å². The van der Waals surface area contributed by atoms with Crippen LogP contribution in [0.1, 0.15) is 32.8 Å². The van der Waals surface area contributed by atoms with Crippen molar-refractivity contribution in [2.75, 3.05) is 0 Å². The standard InChI is InChI=1S/C19H25NO6/c1-5-9-14(16(21)22)15(17(23)26-19(2,3)4)20-18(24)25-12-13-10-7-6-8-11-13/h5-8,10-11,14-15H,1,9,12H2,2-4H3,(H,20,24)(H,21,22)/t14?,15-/m0/s1. The topological polar surface area (TPSA) is 102 Å². The average molecular weight is 363 g/mol. The predicted octanol–water partition coefficient (Wildman–Crippen LogP) is 2.90. The molecule has 1 amide bonds. The van der Waals surface area contributed by atoms with Gasteiger partial charge in [0.05, 0.1) is 5.92 Å². The zero-order valence-corrected chi connectivity index (χ0v) is 15.2. The smallest absolute Gasteiger partial charge is 0.408 e. The van der Waals surface area contributed by atoms with E-state index >= 15 is 0 Å². The molecule has 26 heavy (non-hydrogen) atoms. The van der Waals surface area contributed by atoms with E-state index in [1.165, 1.54) is 6.08 Å². The molecule has 1 rings (SSSR count). The number of esters is 1. The van der Waals surface area contributed by atoms with E-state index in [1.54, 1.807) is 45.0 Å². The van der Waals surface area contributed by atoms with Crippen LogP contribution in [0.15, 0.2) is 43.0 Å². The van der Waals surface area contributed by atoms with Gasteiger partial charge in [-0.2, -0.15) is 0 Å². The summed E-state index contributed by atoms with van der Waals surface area (Å²) in [6.45, 7) is 8.44. The normalized spacial score (nSPS) is 13.2. The fourth-order valence-electron chi connectivity index (χ4n) is 2.14. The van der Waals surface area contributed by atoms with Crippen molar-refractivity contribution in [3.05, 3.63) is 48.6 Å². The lowest BCUT2D eigenvalue weighted by molar-refractivity contribution is -0.163. The number of alkyl carbamates (subject to hydrolysis) is 1. The molecule has 1 aromatic carbocycles. The Balaban J connectivity index is 2.85. The van der Waals surface area contributed by atoms with Crippen molar-refractivity contribution in [3.8, 4) is 0 Å². The van der Waals surface area contributed by atoms with E-state index in [1.807, 2.05) is 6.07 Å². The third kappa shape index (κ3) is 7.38. The van der Waals surface area contributed by atoms with Gasteiger partial charge in [-0.3, -0.25) is 4.79 Å². The Morgan fingerprint density at radius 1 is 1.23 bits per heavy atom. The minimum Gasteiger partial charge on any atom is -0.481 e. The molecule has 0 radical (unpaired) electrons. The van der Waals surface area contributed by atoms with Crippen LogP contribution in [0.3, 0.4) is 0 Å². The molecule has 0 spiro atoms. The van der Waals surface area contributed by atoms with Crippen molar-refractivity contribution in [3.63, 3.8) is 0 Å². The van der Waals surface area contributed by atoms with Crippen molar-refractivity contribution < 1.29 is 29.0 Å². The average Bonchev–Trinajstić information content (AvgIpc) is 2.55. The summed E-state index contributed by atoms with van der Waals surface area (Å²) < 4.78 is 10.3. The Labute approximate surface area is 153 Å². The molecule has 0 heterocycles. The van der Waals surface area contributed by atoms with Crippen molar-refractivity contribution in [2.45, 2.75) is 45.4 Å². The molecule has 1 aromatic rings. The van der Waals surface area contributed by atoms with E-state index in [2.05, 4.69) is 11.9 Å². The Morgan fingerprint density at radius 3 is 2.35 bits per heavy atom. The molecule has 0 bridgehead atoms. The molecule has 7 heteroatoms.